The molecule has 0 bridgehead atoms. The van der Waals surface area contributed by atoms with Crippen LogP contribution >= 0.6 is 27.5 Å². The Labute approximate surface area is 101 Å². The summed E-state index contributed by atoms with van der Waals surface area (Å²) in [4.78, 5) is 13.4. The summed E-state index contributed by atoms with van der Waals surface area (Å²) >= 11 is 4.59. The first kappa shape index (κ1) is 12.5. The van der Waals surface area contributed by atoms with Gasteiger partial charge in [0.15, 0.2) is 5.69 Å². The Bertz CT molecular complexity index is 307. The summed E-state index contributed by atoms with van der Waals surface area (Å²) in [6, 6.07) is 0. The zero-order valence-electron chi connectivity index (χ0n) is 8.51. The molecule has 7 heteroatoms. The van der Waals surface area contributed by atoms with Gasteiger partial charge < -0.3 is 9.64 Å². The fraction of sp³-hybridized carbons (Fsp3) is 0.625. The maximum atomic E-state index is 11.7. The first-order valence-corrected chi connectivity index (χ1v) is 6.06. The monoisotopic (exact) mass is 293 g/mol. The number of halogens is 1. The molecule has 1 amide bonds. The van der Waals surface area contributed by atoms with Gasteiger partial charge in [0.2, 0.25) is 0 Å². The van der Waals surface area contributed by atoms with E-state index in [1.165, 1.54) is 11.5 Å². The van der Waals surface area contributed by atoms with E-state index in [9.17, 15) is 4.79 Å². The normalized spacial score (nSPS) is 12.5. The molecule has 5 nitrogen and oxygen atoms in total. The first-order chi connectivity index (χ1) is 7.15. The molecule has 1 heterocycles. The second-order valence-corrected chi connectivity index (χ2v) is 4.93. The highest BCUT2D eigenvalue weighted by molar-refractivity contribution is 9.09. The average Bonchev–Trinajstić information content (AvgIpc) is 2.69. The van der Waals surface area contributed by atoms with Crippen molar-refractivity contribution in [2.45, 2.75) is 4.83 Å². The van der Waals surface area contributed by atoms with Crippen LogP contribution < -0.4 is 0 Å². The van der Waals surface area contributed by atoms with Gasteiger partial charge in [-0.15, -0.1) is 5.10 Å². The molecular weight excluding hydrogens is 282 g/mol. The number of carbonyl (C=O) groups excluding carboxylic acids is 1. The largest absolute Gasteiger partial charge is 0.383 e. The third-order valence-corrected chi connectivity index (χ3v) is 2.80. The highest BCUT2D eigenvalue weighted by Crippen LogP contribution is 2.06. The molecule has 0 spiro atoms. The maximum absolute atomic E-state index is 11.7. The lowest BCUT2D eigenvalue weighted by molar-refractivity contribution is 0.0778. The fourth-order valence-corrected chi connectivity index (χ4v) is 2.20. The van der Waals surface area contributed by atoms with Crippen molar-refractivity contribution >= 4 is 33.4 Å². The summed E-state index contributed by atoms with van der Waals surface area (Å²) in [5.74, 6) is -0.121. The number of hydrogen-bond donors (Lipinski definition) is 0. The van der Waals surface area contributed by atoms with Crippen LogP contribution in [0.5, 0.6) is 0 Å². The second kappa shape index (κ2) is 6.14. The lowest BCUT2D eigenvalue weighted by atomic mass is 10.3. The van der Waals surface area contributed by atoms with Gasteiger partial charge in [0.05, 0.1) is 11.4 Å². The molecule has 0 aliphatic rings. The molecule has 1 unspecified atom stereocenters. The van der Waals surface area contributed by atoms with Crippen LogP contribution in [0, 0.1) is 0 Å². The Morgan fingerprint density at radius 3 is 3.07 bits per heavy atom. The van der Waals surface area contributed by atoms with Crippen molar-refractivity contribution in [3.8, 4) is 0 Å². The lowest BCUT2D eigenvalue weighted by Gasteiger charge is -2.18. The SMILES string of the molecule is COCC(Br)CN(C)C(=O)c1csnn1. The molecule has 1 rings (SSSR count). The molecule has 1 aromatic heterocycles. The first-order valence-electron chi connectivity index (χ1n) is 4.30. The average molecular weight is 294 g/mol. The number of nitrogens with zero attached hydrogens (tertiary/aromatic N) is 3. The van der Waals surface area contributed by atoms with Crippen LogP contribution in [-0.4, -0.2) is 52.5 Å². The second-order valence-electron chi connectivity index (χ2n) is 3.03. The third-order valence-electron chi connectivity index (χ3n) is 1.75. The van der Waals surface area contributed by atoms with Gasteiger partial charge in [-0.3, -0.25) is 4.79 Å². The standard InChI is InChI=1S/C8H12BrN3O2S/c1-12(3-6(9)4-14-2)8(13)7-5-15-11-10-7/h5-6H,3-4H2,1-2H3. The van der Waals surface area contributed by atoms with Gasteiger partial charge in [-0.1, -0.05) is 20.4 Å². The van der Waals surface area contributed by atoms with Gasteiger partial charge in [0.1, 0.15) is 0 Å². The van der Waals surface area contributed by atoms with E-state index in [0.29, 0.717) is 18.8 Å². The highest BCUT2D eigenvalue weighted by atomic mass is 79.9. The Morgan fingerprint density at radius 2 is 2.53 bits per heavy atom. The Morgan fingerprint density at radius 1 is 1.80 bits per heavy atom. The fourth-order valence-electron chi connectivity index (χ4n) is 1.07. The number of aromatic nitrogens is 2. The number of amides is 1. The van der Waals surface area contributed by atoms with E-state index >= 15 is 0 Å². The Hall–Kier alpha value is -0.530. The summed E-state index contributed by atoms with van der Waals surface area (Å²) in [5, 5.41) is 5.36. The van der Waals surface area contributed by atoms with E-state index < -0.39 is 0 Å². The van der Waals surface area contributed by atoms with Crippen molar-refractivity contribution in [3.05, 3.63) is 11.1 Å². The van der Waals surface area contributed by atoms with E-state index in [2.05, 4.69) is 25.5 Å². The molecule has 0 aliphatic carbocycles. The van der Waals surface area contributed by atoms with Gasteiger partial charge in [0.25, 0.3) is 5.91 Å². The summed E-state index contributed by atoms with van der Waals surface area (Å²) in [6.07, 6.45) is 0. The summed E-state index contributed by atoms with van der Waals surface area (Å²) < 4.78 is 8.61. The number of methoxy groups -OCH3 is 1. The van der Waals surface area contributed by atoms with Crippen LogP contribution in [0.4, 0.5) is 0 Å². The number of alkyl halides is 1. The lowest BCUT2D eigenvalue weighted by Crippen LogP contribution is -2.33. The van der Waals surface area contributed by atoms with Crippen molar-refractivity contribution in [1.82, 2.24) is 14.5 Å². The van der Waals surface area contributed by atoms with Gasteiger partial charge in [-0.2, -0.15) is 0 Å². The van der Waals surface area contributed by atoms with Crippen molar-refractivity contribution in [2.75, 3.05) is 27.3 Å². The predicted octanol–water partition coefficient (Wildman–Crippen LogP) is 1.02. The van der Waals surface area contributed by atoms with Crippen LogP contribution in [0.1, 0.15) is 10.5 Å². The topological polar surface area (TPSA) is 55.3 Å². The molecule has 0 saturated carbocycles. The molecule has 84 valence electrons. The summed E-state index contributed by atoms with van der Waals surface area (Å²) in [6.45, 7) is 1.14. The van der Waals surface area contributed by atoms with Crippen LogP contribution in [-0.2, 0) is 4.74 Å². The molecule has 0 aliphatic heterocycles. The summed E-state index contributed by atoms with van der Waals surface area (Å²) in [7, 11) is 3.35. The van der Waals surface area contributed by atoms with Crippen LogP contribution in [0.3, 0.4) is 0 Å². The number of rotatable bonds is 5. The molecule has 0 fully saturated rings. The Balaban J connectivity index is 2.47. The molecule has 1 atom stereocenters. The molecule has 0 radical (unpaired) electrons. The van der Waals surface area contributed by atoms with Gasteiger partial charge in [-0.05, 0) is 11.5 Å². The molecular formula is C8H12BrN3O2S. The predicted molar refractivity (Wildman–Crippen MR) is 61.5 cm³/mol. The minimum atomic E-state index is -0.121. The summed E-state index contributed by atoms with van der Waals surface area (Å²) in [5.41, 5.74) is 0.389. The maximum Gasteiger partial charge on any atom is 0.275 e. The number of ether oxygens (including phenoxy) is 1. The zero-order valence-corrected chi connectivity index (χ0v) is 10.9. The van der Waals surface area contributed by atoms with Crippen LogP contribution in [0.2, 0.25) is 0 Å². The minimum absolute atomic E-state index is 0.121. The number of carbonyl (C=O) groups is 1. The quantitative estimate of drug-likeness (QED) is 0.761. The van der Waals surface area contributed by atoms with Crippen molar-refractivity contribution < 1.29 is 9.53 Å². The van der Waals surface area contributed by atoms with E-state index in [1.807, 2.05) is 0 Å². The van der Waals surface area contributed by atoms with Gasteiger partial charge in [0, 0.05) is 26.1 Å². The van der Waals surface area contributed by atoms with Crippen LogP contribution in [0.25, 0.3) is 0 Å². The molecule has 0 aromatic carbocycles. The van der Waals surface area contributed by atoms with Crippen LogP contribution in [0.15, 0.2) is 5.38 Å². The molecule has 15 heavy (non-hydrogen) atoms. The zero-order chi connectivity index (χ0) is 11.3. The van der Waals surface area contributed by atoms with E-state index in [0.717, 1.165) is 0 Å². The molecule has 0 N–H and O–H groups in total. The molecule has 0 saturated heterocycles. The Kier molecular flexibility index (Phi) is 5.13. The van der Waals surface area contributed by atoms with E-state index in [4.69, 9.17) is 4.74 Å². The van der Waals surface area contributed by atoms with Gasteiger partial charge in [-0.25, -0.2) is 0 Å². The smallest absolute Gasteiger partial charge is 0.275 e. The van der Waals surface area contributed by atoms with Crippen molar-refractivity contribution in [2.24, 2.45) is 0 Å². The van der Waals surface area contributed by atoms with E-state index in [-0.39, 0.29) is 10.7 Å². The van der Waals surface area contributed by atoms with Crippen molar-refractivity contribution in [1.29, 1.82) is 0 Å². The van der Waals surface area contributed by atoms with Crippen molar-refractivity contribution in [3.63, 3.8) is 0 Å². The van der Waals surface area contributed by atoms with E-state index in [1.54, 1.807) is 24.4 Å². The molecule has 1 aromatic rings. The van der Waals surface area contributed by atoms with Gasteiger partial charge >= 0.3 is 0 Å². The highest BCUT2D eigenvalue weighted by Gasteiger charge is 2.17. The third kappa shape index (κ3) is 3.84. The number of hydrogen-bond acceptors (Lipinski definition) is 5. The minimum Gasteiger partial charge on any atom is -0.383 e.